The number of rotatable bonds is 3. The minimum Gasteiger partial charge on any atom is -0.343 e. The van der Waals surface area contributed by atoms with E-state index in [0.29, 0.717) is 6.54 Å². The highest BCUT2D eigenvalue weighted by atomic mass is 16.2. The standard InChI is InChI=1S/C20H28N4O/c1-13(2)23(5)19(25)16-7-6-10-24(12-16)20-21-15(4)17-9-8-14(3)11-18(17)22-20/h8-9,11,13,16H,6-7,10,12H2,1-5H3. The number of benzene rings is 1. The molecule has 2 aromatic rings. The van der Waals surface area contributed by atoms with Crippen LogP contribution in [0.3, 0.4) is 0 Å². The molecule has 1 unspecified atom stereocenters. The van der Waals surface area contributed by atoms with Crippen molar-refractivity contribution in [1.29, 1.82) is 0 Å². The second-order valence-electron chi connectivity index (χ2n) is 7.46. The van der Waals surface area contributed by atoms with E-state index in [4.69, 9.17) is 9.97 Å². The van der Waals surface area contributed by atoms with Crippen LogP contribution in [0.5, 0.6) is 0 Å². The van der Waals surface area contributed by atoms with Gasteiger partial charge in [0.25, 0.3) is 0 Å². The van der Waals surface area contributed by atoms with Gasteiger partial charge in [-0.15, -0.1) is 0 Å². The first-order valence-corrected chi connectivity index (χ1v) is 9.13. The van der Waals surface area contributed by atoms with Crippen LogP contribution < -0.4 is 4.90 Å². The second-order valence-corrected chi connectivity index (χ2v) is 7.46. The Morgan fingerprint density at radius 1 is 1.28 bits per heavy atom. The van der Waals surface area contributed by atoms with Gasteiger partial charge in [0.1, 0.15) is 0 Å². The number of fused-ring (bicyclic) bond motifs is 1. The van der Waals surface area contributed by atoms with Gasteiger partial charge in [-0.05, 0) is 52.2 Å². The van der Waals surface area contributed by atoms with E-state index in [0.717, 1.165) is 41.9 Å². The third-order valence-electron chi connectivity index (χ3n) is 5.21. The molecule has 0 aliphatic carbocycles. The Balaban J connectivity index is 1.86. The Kier molecular flexibility index (Phi) is 4.93. The van der Waals surface area contributed by atoms with Crippen LogP contribution in [0, 0.1) is 19.8 Å². The van der Waals surface area contributed by atoms with E-state index >= 15 is 0 Å². The predicted molar refractivity (Wildman–Crippen MR) is 102 cm³/mol. The summed E-state index contributed by atoms with van der Waals surface area (Å²) in [5, 5.41) is 1.10. The minimum absolute atomic E-state index is 0.0262. The van der Waals surface area contributed by atoms with E-state index in [2.05, 4.69) is 43.9 Å². The number of hydrogen-bond donors (Lipinski definition) is 0. The zero-order chi connectivity index (χ0) is 18.1. The lowest BCUT2D eigenvalue weighted by Gasteiger charge is -2.35. The van der Waals surface area contributed by atoms with Gasteiger partial charge in [0.2, 0.25) is 11.9 Å². The number of hydrogen-bond acceptors (Lipinski definition) is 4. The maximum atomic E-state index is 12.7. The summed E-state index contributed by atoms with van der Waals surface area (Å²) in [6.45, 7) is 9.82. The van der Waals surface area contributed by atoms with Crippen LogP contribution in [0.4, 0.5) is 5.95 Å². The molecule has 1 aliphatic heterocycles. The summed E-state index contributed by atoms with van der Waals surface area (Å²) in [5.41, 5.74) is 3.17. The van der Waals surface area contributed by atoms with Crippen molar-refractivity contribution in [3.8, 4) is 0 Å². The molecule has 134 valence electrons. The molecule has 0 N–H and O–H groups in total. The number of aryl methyl sites for hydroxylation is 2. The van der Waals surface area contributed by atoms with E-state index in [1.165, 1.54) is 5.56 Å². The third-order valence-corrected chi connectivity index (χ3v) is 5.21. The van der Waals surface area contributed by atoms with Crippen molar-refractivity contribution in [2.24, 2.45) is 5.92 Å². The molecule has 1 aliphatic rings. The third kappa shape index (κ3) is 3.60. The van der Waals surface area contributed by atoms with Gasteiger partial charge in [-0.3, -0.25) is 4.79 Å². The average molecular weight is 340 g/mol. The van der Waals surface area contributed by atoms with Gasteiger partial charge in [-0.25, -0.2) is 9.97 Å². The zero-order valence-corrected chi connectivity index (χ0v) is 15.9. The van der Waals surface area contributed by atoms with Gasteiger partial charge < -0.3 is 9.80 Å². The summed E-state index contributed by atoms with van der Waals surface area (Å²) < 4.78 is 0. The van der Waals surface area contributed by atoms with Gasteiger partial charge in [0.05, 0.1) is 17.1 Å². The van der Waals surface area contributed by atoms with Crippen molar-refractivity contribution in [3.05, 3.63) is 29.5 Å². The lowest BCUT2D eigenvalue weighted by Crippen LogP contribution is -2.46. The van der Waals surface area contributed by atoms with Crippen LogP contribution in [0.1, 0.15) is 37.9 Å². The molecule has 5 nitrogen and oxygen atoms in total. The SMILES string of the molecule is Cc1ccc2c(C)nc(N3CCCC(C(=O)N(C)C(C)C)C3)nc2c1. The molecular weight excluding hydrogens is 312 g/mol. The second kappa shape index (κ2) is 6.98. The molecule has 5 heteroatoms. The average Bonchev–Trinajstić information content (AvgIpc) is 2.60. The van der Waals surface area contributed by atoms with E-state index in [1.54, 1.807) is 0 Å². The van der Waals surface area contributed by atoms with Crippen molar-refractivity contribution in [3.63, 3.8) is 0 Å². The van der Waals surface area contributed by atoms with E-state index in [9.17, 15) is 4.79 Å². The molecule has 2 heterocycles. The molecule has 0 spiro atoms. The number of nitrogens with zero attached hydrogens (tertiary/aromatic N) is 4. The van der Waals surface area contributed by atoms with Crippen LogP contribution in [0.25, 0.3) is 10.9 Å². The van der Waals surface area contributed by atoms with Crippen molar-refractivity contribution in [2.45, 2.75) is 46.6 Å². The quantitative estimate of drug-likeness (QED) is 0.860. The summed E-state index contributed by atoms with van der Waals surface area (Å²) in [6.07, 6.45) is 1.94. The van der Waals surface area contributed by atoms with Gasteiger partial charge in [-0.1, -0.05) is 12.1 Å². The van der Waals surface area contributed by atoms with Crippen molar-refractivity contribution in [1.82, 2.24) is 14.9 Å². The Bertz CT molecular complexity index is 787. The molecule has 1 amide bonds. The summed E-state index contributed by atoms with van der Waals surface area (Å²) in [5.74, 6) is 1.01. The maximum absolute atomic E-state index is 12.7. The number of amides is 1. The van der Waals surface area contributed by atoms with E-state index < -0.39 is 0 Å². The first-order valence-electron chi connectivity index (χ1n) is 9.13. The van der Waals surface area contributed by atoms with Gasteiger partial charge in [0.15, 0.2) is 0 Å². The first kappa shape index (κ1) is 17.6. The number of aromatic nitrogens is 2. The number of carbonyl (C=O) groups is 1. The molecule has 0 radical (unpaired) electrons. The smallest absolute Gasteiger partial charge is 0.227 e. The van der Waals surface area contributed by atoms with Crippen LogP contribution in [0.15, 0.2) is 18.2 Å². The molecule has 1 aromatic carbocycles. The fourth-order valence-electron chi connectivity index (χ4n) is 3.43. The Hall–Kier alpha value is -2.17. The van der Waals surface area contributed by atoms with Crippen molar-refractivity contribution in [2.75, 3.05) is 25.0 Å². The largest absolute Gasteiger partial charge is 0.343 e. The van der Waals surface area contributed by atoms with Crippen molar-refractivity contribution >= 4 is 22.8 Å². The van der Waals surface area contributed by atoms with Crippen LogP contribution in [-0.4, -0.2) is 47.0 Å². The lowest BCUT2D eigenvalue weighted by molar-refractivity contribution is -0.135. The predicted octanol–water partition coefficient (Wildman–Crippen LogP) is 3.33. The number of carbonyl (C=O) groups excluding carboxylic acids is 1. The van der Waals surface area contributed by atoms with E-state index in [1.807, 2.05) is 18.9 Å². The lowest BCUT2D eigenvalue weighted by atomic mass is 9.96. The fourth-order valence-corrected chi connectivity index (χ4v) is 3.43. The molecule has 1 aromatic heterocycles. The number of piperidine rings is 1. The molecular formula is C20H28N4O. The maximum Gasteiger partial charge on any atom is 0.227 e. The Labute approximate surface area is 150 Å². The highest BCUT2D eigenvalue weighted by Gasteiger charge is 2.30. The summed E-state index contributed by atoms with van der Waals surface area (Å²) in [4.78, 5) is 26.2. The topological polar surface area (TPSA) is 49.3 Å². The Morgan fingerprint density at radius 2 is 2.04 bits per heavy atom. The molecule has 3 rings (SSSR count). The van der Waals surface area contributed by atoms with Crippen LogP contribution >= 0.6 is 0 Å². The molecule has 1 atom stereocenters. The molecule has 1 saturated heterocycles. The molecule has 25 heavy (non-hydrogen) atoms. The summed E-state index contributed by atoms with van der Waals surface area (Å²) in [7, 11) is 1.89. The molecule has 0 saturated carbocycles. The monoisotopic (exact) mass is 340 g/mol. The van der Waals surface area contributed by atoms with E-state index in [-0.39, 0.29) is 17.9 Å². The van der Waals surface area contributed by atoms with Gasteiger partial charge >= 0.3 is 0 Å². The molecule has 0 bridgehead atoms. The minimum atomic E-state index is 0.0262. The van der Waals surface area contributed by atoms with Crippen molar-refractivity contribution < 1.29 is 4.79 Å². The number of anilines is 1. The van der Waals surface area contributed by atoms with Crippen LogP contribution in [0.2, 0.25) is 0 Å². The normalized spacial score (nSPS) is 18.0. The highest BCUT2D eigenvalue weighted by Crippen LogP contribution is 2.25. The molecule has 1 fully saturated rings. The van der Waals surface area contributed by atoms with Crippen LogP contribution in [-0.2, 0) is 4.79 Å². The van der Waals surface area contributed by atoms with Gasteiger partial charge in [0, 0.05) is 31.6 Å². The highest BCUT2D eigenvalue weighted by molar-refractivity contribution is 5.83. The van der Waals surface area contributed by atoms with Gasteiger partial charge in [-0.2, -0.15) is 0 Å². The summed E-state index contributed by atoms with van der Waals surface area (Å²) >= 11 is 0. The summed E-state index contributed by atoms with van der Waals surface area (Å²) in [6, 6.07) is 6.51. The zero-order valence-electron chi connectivity index (χ0n) is 15.9. The first-order chi connectivity index (χ1) is 11.9. The Morgan fingerprint density at radius 3 is 2.76 bits per heavy atom. The fraction of sp³-hybridized carbons (Fsp3) is 0.550.